The number of hydrogen-bond donors (Lipinski definition) is 0. The number of nitrogens with zero attached hydrogens (tertiary/aromatic N) is 1. The highest BCUT2D eigenvalue weighted by molar-refractivity contribution is 5.97. The second-order valence-corrected chi connectivity index (χ2v) is 5.59. The van der Waals surface area contributed by atoms with Crippen LogP contribution in [0.1, 0.15) is 29.2 Å². The molecule has 0 atom stereocenters. The van der Waals surface area contributed by atoms with E-state index in [1.165, 1.54) is 7.11 Å². The van der Waals surface area contributed by atoms with Crippen molar-refractivity contribution in [2.45, 2.75) is 27.2 Å². The normalized spacial score (nSPS) is 11.1. The standard InChI is InChI=1S/C20H23NO4/c1-5-24-19(22)13-16-8-6-7-9-17(16)20(21-23-4)25-18-12-14(2)10-11-15(18)3/h6-12H,5,13H2,1-4H3/b21-20+. The van der Waals surface area contributed by atoms with E-state index in [2.05, 4.69) is 5.16 Å². The van der Waals surface area contributed by atoms with Crippen molar-refractivity contribution in [1.82, 2.24) is 0 Å². The fourth-order valence-corrected chi connectivity index (χ4v) is 2.38. The van der Waals surface area contributed by atoms with Gasteiger partial charge in [0.15, 0.2) is 0 Å². The Morgan fingerprint density at radius 3 is 2.60 bits per heavy atom. The summed E-state index contributed by atoms with van der Waals surface area (Å²) >= 11 is 0. The van der Waals surface area contributed by atoms with Gasteiger partial charge in [-0.2, -0.15) is 0 Å². The fraction of sp³-hybridized carbons (Fsp3) is 0.300. The third-order valence-corrected chi connectivity index (χ3v) is 3.61. The van der Waals surface area contributed by atoms with Gasteiger partial charge in [0.1, 0.15) is 12.9 Å². The van der Waals surface area contributed by atoms with Gasteiger partial charge in [-0.05, 0) is 54.8 Å². The molecule has 2 aromatic carbocycles. The molecule has 132 valence electrons. The van der Waals surface area contributed by atoms with Crippen molar-refractivity contribution >= 4 is 11.9 Å². The molecular weight excluding hydrogens is 318 g/mol. The minimum absolute atomic E-state index is 0.142. The van der Waals surface area contributed by atoms with Gasteiger partial charge in [0.05, 0.1) is 13.0 Å². The molecule has 0 aliphatic heterocycles. The van der Waals surface area contributed by atoms with Crippen molar-refractivity contribution in [3.05, 3.63) is 64.7 Å². The van der Waals surface area contributed by atoms with E-state index in [1.54, 1.807) is 6.92 Å². The molecule has 0 amide bonds. The first-order chi connectivity index (χ1) is 12.0. The molecule has 0 heterocycles. The molecule has 0 N–H and O–H groups in total. The van der Waals surface area contributed by atoms with E-state index < -0.39 is 0 Å². The average Bonchev–Trinajstić information content (AvgIpc) is 2.58. The Kier molecular flexibility index (Phi) is 6.57. The lowest BCUT2D eigenvalue weighted by atomic mass is 10.0. The van der Waals surface area contributed by atoms with Crippen molar-refractivity contribution in [2.75, 3.05) is 13.7 Å². The number of aryl methyl sites for hydroxylation is 2. The predicted octanol–water partition coefficient (Wildman–Crippen LogP) is 3.80. The van der Waals surface area contributed by atoms with Gasteiger partial charge in [-0.15, -0.1) is 0 Å². The predicted molar refractivity (Wildman–Crippen MR) is 96.9 cm³/mol. The van der Waals surface area contributed by atoms with Gasteiger partial charge in [-0.1, -0.05) is 30.3 Å². The summed E-state index contributed by atoms with van der Waals surface area (Å²) < 4.78 is 11.1. The third kappa shape index (κ3) is 5.08. The van der Waals surface area contributed by atoms with Crippen molar-refractivity contribution < 1.29 is 19.1 Å². The maximum absolute atomic E-state index is 11.9. The van der Waals surface area contributed by atoms with Crippen LogP contribution in [0, 0.1) is 13.8 Å². The number of ether oxygens (including phenoxy) is 2. The van der Waals surface area contributed by atoms with E-state index in [4.69, 9.17) is 14.3 Å². The molecule has 25 heavy (non-hydrogen) atoms. The fourth-order valence-electron chi connectivity index (χ4n) is 2.38. The number of carbonyl (C=O) groups is 1. The number of esters is 1. The van der Waals surface area contributed by atoms with E-state index in [0.717, 1.165) is 16.7 Å². The van der Waals surface area contributed by atoms with E-state index >= 15 is 0 Å². The topological polar surface area (TPSA) is 57.1 Å². The summed E-state index contributed by atoms with van der Waals surface area (Å²) in [5, 5.41) is 4.02. The zero-order valence-corrected chi connectivity index (χ0v) is 15.0. The largest absolute Gasteiger partial charge is 0.466 e. The van der Waals surface area contributed by atoms with Gasteiger partial charge in [0.2, 0.25) is 0 Å². The van der Waals surface area contributed by atoms with Crippen LogP contribution >= 0.6 is 0 Å². The summed E-state index contributed by atoms with van der Waals surface area (Å²) in [4.78, 5) is 16.8. The number of benzene rings is 2. The van der Waals surface area contributed by atoms with Gasteiger partial charge in [0, 0.05) is 5.56 Å². The maximum Gasteiger partial charge on any atom is 0.310 e. The Hall–Kier alpha value is -2.82. The summed E-state index contributed by atoms with van der Waals surface area (Å²) in [7, 11) is 1.46. The second kappa shape index (κ2) is 8.87. The Morgan fingerprint density at radius 1 is 1.12 bits per heavy atom. The number of oxime groups is 1. The van der Waals surface area contributed by atoms with Crippen LogP contribution in [0.15, 0.2) is 47.6 Å². The molecule has 0 bridgehead atoms. The molecule has 5 nitrogen and oxygen atoms in total. The molecule has 0 aliphatic rings. The Balaban J connectivity index is 2.36. The van der Waals surface area contributed by atoms with Crippen LogP contribution in [0.3, 0.4) is 0 Å². The molecule has 0 radical (unpaired) electrons. The zero-order valence-electron chi connectivity index (χ0n) is 15.0. The minimum Gasteiger partial charge on any atom is -0.466 e. The maximum atomic E-state index is 11.9. The first-order valence-electron chi connectivity index (χ1n) is 8.15. The smallest absolute Gasteiger partial charge is 0.310 e. The van der Waals surface area contributed by atoms with Crippen LogP contribution in [0.2, 0.25) is 0 Å². The summed E-state index contributed by atoms with van der Waals surface area (Å²) in [5.74, 6) is 0.705. The number of rotatable bonds is 6. The van der Waals surface area contributed by atoms with Gasteiger partial charge >= 0.3 is 5.97 Å². The quantitative estimate of drug-likeness (QED) is 0.347. The van der Waals surface area contributed by atoms with E-state index in [1.807, 2.05) is 56.3 Å². The van der Waals surface area contributed by atoms with Gasteiger partial charge < -0.3 is 14.3 Å². The van der Waals surface area contributed by atoms with Crippen LogP contribution in [0.25, 0.3) is 0 Å². The Bertz CT molecular complexity index is 768. The highest BCUT2D eigenvalue weighted by Crippen LogP contribution is 2.22. The molecule has 0 spiro atoms. The molecule has 0 aromatic heterocycles. The lowest BCUT2D eigenvalue weighted by molar-refractivity contribution is -0.142. The molecule has 0 fully saturated rings. The second-order valence-electron chi connectivity index (χ2n) is 5.59. The Labute approximate surface area is 148 Å². The van der Waals surface area contributed by atoms with E-state index in [9.17, 15) is 4.79 Å². The molecular formula is C20H23NO4. The first kappa shape index (κ1) is 18.5. The van der Waals surface area contributed by atoms with Crippen LogP contribution in [-0.2, 0) is 20.8 Å². The molecule has 0 aliphatic carbocycles. The molecule has 0 unspecified atom stereocenters. The summed E-state index contributed by atoms with van der Waals surface area (Å²) in [5.41, 5.74) is 3.52. The molecule has 2 rings (SSSR count). The van der Waals surface area contributed by atoms with Crippen molar-refractivity contribution in [3.63, 3.8) is 0 Å². The summed E-state index contributed by atoms with van der Waals surface area (Å²) in [6.07, 6.45) is 0.142. The highest BCUT2D eigenvalue weighted by Gasteiger charge is 2.16. The third-order valence-electron chi connectivity index (χ3n) is 3.61. The van der Waals surface area contributed by atoms with Crippen LogP contribution in [0.5, 0.6) is 5.75 Å². The Morgan fingerprint density at radius 2 is 1.88 bits per heavy atom. The SMILES string of the molecule is CCOC(=O)Cc1ccccc1/C(=N\OC)Oc1cc(C)ccc1C. The van der Waals surface area contributed by atoms with Gasteiger partial charge in [-0.3, -0.25) is 4.79 Å². The van der Waals surface area contributed by atoms with Crippen LogP contribution < -0.4 is 4.74 Å². The monoisotopic (exact) mass is 341 g/mol. The first-order valence-corrected chi connectivity index (χ1v) is 8.15. The lowest BCUT2D eigenvalue weighted by Gasteiger charge is -2.14. The van der Waals surface area contributed by atoms with E-state index in [0.29, 0.717) is 23.8 Å². The van der Waals surface area contributed by atoms with Crippen LogP contribution in [-0.4, -0.2) is 25.6 Å². The van der Waals surface area contributed by atoms with Crippen molar-refractivity contribution in [1.29, 1.82) is 0 Å². The highest BCUT2D eigenvalue weighted by atomic mass is 16.6. The van der Waals surface area contributed by atoms with Gasteiger partial charge in [-0.25, -0.2) is 0 Å². The average molecular weight is 341 g/mol. The lowest BCUT2D eigenvalue weighted by Crippen LogP contribution is -2.17. The minimum atomic E-state index is -0.293. The van der Waals surface area contributed by atoms with Crippen molar-refractivity contribution in [3.8, 4) is 5.75 Å². The van der Waals surface area contributed by atoms with E-state index in [-0.39, 0.29) is 12.4 Å². The molecule has 5 heteroatoms. The number of carbonyl (C=O) groups excluding carboxylic acids is 1. The van der Waals surface area contributed by atoms with Crippen LogP contribution in [0.4, 0.5) is 0 Å². The molecule has 2 aromatic rings. The molecule has 0 saturated heterocycles. The summed E-state index contributed by atoms with van der Waals surface area (Å²) in [6, 6.07) is 13.4. The van der Waals surface area contributed by atoms with Crippen molar-refractivity contribution in [2.24, 2.45) is 5.16 Å². The number of hydrogen-bond acceptors (Lipinski definition) is 5. The van der Waals surface area contributed by atoms with Gasteiger partial charge in [0.25, 0.3) is 5.90 Å². The summed E-state index contributed by atoms with van der Waals surface area (Å²) in [6.45, 7) is 6.09. The molecule has 0 saturated carbocycles. The zero-order chi connectivity index (χ0) is 18.2.